The maximum Gasteiger partial charge on any atom is 0.357 e. The van der Waals surface area contributed by atoms with Gasteiger partial charge in [-0.3, -0.25) is 18.3 Å². The van der Waals surface area contributed by atoms with Crippen LogP contribution in [0.15, 0.2) is 0 Å². The summed E-state index contributed by atoms with van der Waals surface area (Å²) in [6.45, 7) is 0.861. The highest BCUT2D eigenvalue weighted by Crippen LogP contribution is 2.87. The summed E-state index contributed by atoms with van der Waals surface area (Å²) in [6.07, 6.45) is -0.994. The van der Waals surface area contributed by atoms with Gasteiger partial charge < -0.3 is 39.1 Å². The van der Waals surface area contributed by atoms with Gasteiger partial charge in [0.2, 0.25) is 0 Å². The van der Waals surface area contributed by atoms with E-state index in [1.165, 1.54) is 0 Å². The smallest absolute Gasteiger partial charge is 0.324 e. The minimum Gasteiger partial charge on any atom is -0.324 e. The second-order valence-electron chi connectivity index (χ2n) is 3.83. The Kier molecular flexibility index (Phi) is 5.83. The quantitative estimate of drug-likeness (QED) is 0.264. The van der Waals surface area contributed by atoms with Crippen molar-refractivity contribution in [2.24, 2.45) is 0 Å². The first kappa shape index (κ1) is 20.6. The van der Waals surface area contributed by atoms with E-state index in [0.717, 1.165) is 6.92 Å². The molecule has 16 heteroatoms. The van der Waals surface area contributed by atoms with Gasteiger partial charge in [0.1, 0.15) is 5.66 Å². The first-order chi connectivity index (χ1) is 8.44. The zero-order valence-corrected chi connectivity index (χ0v) is 13.4. The van der Waals surface area contributed by atoms with Crippen molar-refractivity contribution >= 4 is 30.4 Å². The maximum atomic E-state index is 11.4. The molecule has 0 saturated heterocycles. The fourth-order valence-corrected chi connectivity index (χ4v) is 11.2. The monoisotopic (exact) mass is 378 g/mol. The molecule has 0 aromatic carbocycles. The van der Waals surface area contributed by atoms with E-state index >= 15 is 0 Å². The van der Waals surface area contributed by atoms with E-state index in [-0.39, 0.29) is 0 Å². The molecule has 1 atom stereocenters. The Bertz CT molecular complexity index is 487. The third-order valence-electron chi connectivity index (χ3n) is 2.53. The van der Waals surface area contributed by atoms with Gasteiger partial charge in [-0.05, 0) is 6.42 Å². The van der Waals surface area contributed by atoms with Crippen LogP contribution in [0.3, 0.4) is 0 Å². The highest BCUT2D eigenvalue weighted by molar-refractivity contribution is 7.90. The standard InChI is InChI=1S/C4H14O12P4/c1-2-3(17(5,6)7)4(18(8,9)10,19(11,12)13)20(14,15)16/h3H,2H2,1H3,(H2,5,6,7)(H2,8,9,10)(H2,11,12,13)(H2,14,15,16). The van der Waals surface area contributed by atoms with Gasteiger partial charge in [0.15, 0.2) is 0 Å². The minimum atomic E-state index is -6.34. The molecule has 12 nitrogen and oxygen atoms in total. The van der Waals surface area contributed by atoms with E-state index in [9.17, 15) is 18.3 Å². The molecule has 1 unspecified atom stereocenters. The lowest BCUT2D eigenvalue weighted by molar-refractivity contribution is 0.280. The molecule has 0 rings (SSSR count). The highest BCUT2D eigenvalue weighted by atomic mass is 31.3. The van der Waals surface area contributed by atoms with Gasteiger partial charge >= 0.3 is 30.4 Å². The van der Waals surface area contributed by atoms with Crippen LogP contribution in [0.2, 0.25) is 0 Å². The van der Waals surface area contributed by atoms with E-state index in [4.69, 9.17) is 39.1 Å². The summed E-state index contributed by atoms with van der Waals surface area (Å²) >= 11 is 0. The second-order valence-corrected chi connectivity index (χ2v) is 12.1. The van der Waals surface area contributed by atoms with Gasteiger partial charge in [-0.25, -0.2) is 0 Å². The summed E-state index contributed by atoms with van der Waals surface area (Å²) in [5.41, 5.74) is -2.93. The molecule has 122 valence electrons. The summed E-state index contributed by atoms with van der Waals surface area (Å²) in [4.78, 5) is 72.3. The van der Waals surface area contributed by atoms with Crippen molar-refractivity contribution in [2.75, 3.05) is 0 Å². The average Bonchev–Trinajstić information content (AvgIpc) is 2.04. The van der Waals surface area contributed by atoms with Crippen molar-refractivity contribution in [2.45, 2.75) is 23.6 Å². The normalized spacial score (nSPS) is 17.1. The van der Waals surface area contributed by atoms with Crippen molar-refractivity contribution in [3.8, 4) is 0 Å². The van der Waals surface area contributed by atoms with Crippen LogP contribution < -0.4 is 0 Å². The SMILES string of the molecule is CCC(C(P(=O)(O)O)(P(=O)(O)O)P(=O)(O)O)P(=O)(O)O. The van der Waals surface area contributed by atoms with E-state index < -0.39 is 47.1 Å². The van der Waals surface area contributed by atoms with Crippen molar-refractivity contribution in [1.82, 2.24) is 0 Å². The third-order valence-corrected chi connectivity index (χ3v) is 12.9. The Balaban J connectivity index is 6.98. The van der Waals surface area contributed by atoms with Crippen molar-refractivity contribution in [3.05, 3.63) is 0 Å². The molecule has 0 aliphatic carbocycles. The lowest BCUT2D eigenvalue weighted by Gasteiger charge is -2.40. The Morgan fingerprint density at radius 2 is 1.00 bits per heavy atom. The van der Waals surface area contributed by atoms with Crippen LogP contribution in [-0.2, 0) is 18.3 Å². The maximum absolute atomic E-state index is 11.4. The average molecular weight is 378 g/mol. The van der Waals surface area contributed by atoms with Crippen LogP contribution in [0.4, 0.5) is 0 Å². The molecule has 0 amide bonds. The molecule has 0 fully saturated rings. The highest BCUT2D eigenvalue weighted by Gasteiger charge is 2.78. The number of hydrogen-bond donors (Lipinski definition) is 8. The van der Waals surface area contributed by atoms with Crippen LogP contribution >= 0.6 is 30.4 Å². The molecule has 0 radical (unpaired) electrons. The summed E-state index contributed by atoms with van der Waals surface area (Å²) in [5.74, 6) is 0. The molecular formula is C4H14O12P4. The third kappa shape index (κ3) is 3.33. The van der Waals surface area contributed by atoms with Crippen LogP contribution in [0, 0.1) is 0 Å². The van der Waals surface area contributed by atoms with Crippen LogP contribution in [0.1, 0.15) is 13.3 Å². The lowest BCUT2D eigenvalue weighted by atomic mass is 10.4. The number of hydrogen-bond acceptors (Lipinski definition) is 4. The zero-order chi connectivity index (χ0) is 16.8. The number of rotatable bonds is 6. The summed E-state index contributed by atoms with van der Waals surface area (Å²) < 4.78 is 40.8. The first-order valence-electron chi connectivity index (χ1n) is 4.66. The molecule has 0 bridgehead atoms. The van der Waals surface area contributed by atoms with Crippen LogP contribution in [0.25, 0.3) is 0 Å². The molecule has 0 aliphatic rings. The lowest BCUT2D eigenvalue weighted by Crippen LogP contribution is -2.41. The molecule has 0 saturated carbocycles. The van der Waals surface area contributed by atoms with Crippen LogP contribution in [0.5, 0.6) is 0 Å². The minimum absolute atomic E-state index is 0.861. The molecule has 0 spiro atoms. The Morgan fingerprint density at radius 3 is 1.05 bits per heavy atom. The van der Waals surface area contributed by atoms with E-state index in [2.05, 4.69) is 0 Å². The van der Waals surface area contributed by atoms with E-state index in [1.807, 2.05) is 0 Å². The summed E-state index contributed by atoms with van der Waals surface area (Å²) in [7, 11) is -24.7. The fraction of sp³-hybridized carbons (Fsp3) is 1.00. The predicted molar refractivity (Wildman–Crippen MR) is 65.0 cm³/mol. The molecular weight excluding hydrogens is 364 g/mol. The molecule has 0 aliphatic heterocycles. The van der Waals surface area contributed by atoms with Crippen molar-refractivity contribution in [3.63, 3.8) is 0 Å². The van der Waals surface area contributed by atoms with Gasteiger partial charge in [-0.15, -0.1) is 0 Å². The van der Waals surface area contributed by atoms with E-state index in [0.29, 0.717) is 0 Å². The van der Waals surface area contributed by atoms with E-state index in [1.54, 1.807) is 0 Å². The molecule has 0 aromatic rings. The van der Waals surface area contributed by atoms with Gasteiger partial charge in [0.05, 0.1) is 0 Å². The Morgan fingerprint density at radius 1 is 0.750 bits per heavy atom. The fourth-order valence-electron chi connectivity index (χ4n) is 1.83. The molecule has 8 N–H and O–H groups in total. The molecule has 20 heavy (non-hydrogen) atoms. The summed E-state index contributed by atoms with van der Waals surface area (Å²) in [6, 6.07) is 0. The Labute approximate surface area is 112 Å². The predicted octanol–water partition coefficient (Wildman–Crippen LogP) is -0.870. The Hall–Kier alpha value is 0.600. The van der Waals surface area contributed by atoms with Crippen molar-refractivity contribution < 1.29 is 57.4 Å². The first-order valence-corrected chi connectivity index (χ1v) is 11.2. The second kappa shape index (κ2) is 5.66. The zero-order valence-electron chi connectivity index (χ0n) is 9.78. The van der Waals surface area contributed by atoms with Gasteiger partial charge in [0.25, 0.3) is 4.64 Å². The topological polar surface area (TPSA) is 230 Å². The largest absolute Gasteiger partial charge is 0.357 e. The van der Waals surface area contributed by atoms with Gasteiger partial charge in [-0.2, -0.15) is 0 Å². The van der Waals surface area contributed by atoms with Gasteiger partial charge in [-0.1, -0.05) is 6.92 Å². The molecule has 0 heterocycles. The van der Waals surface area contributed by atoms with Gasteiger partial charge in [0, 0.05) is 0 Å². The van der Waals surface area contributed by atoms with Crippen LogP contribution in [-0.4, -0.2) is 49.4 Å². The summed E-state index contributed by atoms with van der Waals surface area (Å²) in [5, 5.41) is 0. The van der Waals surface area contributed by atoms with Crippen molar-refractivity contribution in [1.29, 1.82) is 0 Å². The molecule has 0 aromatic heterocycles.